The van der Waals surface area contributed by atoms with Gasteiger partial charge in [0.15, 0.2) is 5.69 Å². The highest BCUT2D eigenvalue weighted by molar-refractivity contribution is 6.00. The molecule has 1 heterocycles. The highest BCUT2D eigenvalue weighted by Crippen LogP contribution is 2.06. The second-order valence-electron chi connectivity index (χ2n) is 4.20. The van der Waals surface area contributed by atoms with Gasteiger partial charge in [-0.1, -0.05) is 12.1 Å². The number of anilines is 1. The van der Waals surface area contributed by atoms with Crippen LogP contribution in [0.5, 0.6) is 0 Å². The van der Waals surface area contributed by atoms with E-state index in [2.05, 4.69) is 20.7 Å². The highest BCUT2D eigenvalue weighted by Gasteiger charge is 2.08. The number of aryl methyl sites for hydroxylation is 1. The van der Waals surface area contributed by atoms with Gasteiger partial charge in [0.25, 0.3) is 5.91 Å². The first kappa shape index (κ1) is 12.8. The minimum absolute atomic E-state index is 0.311. The maximum Gasteiger partial charge on any atom is 0.291 e. The highest BCUT2D eigenvalue weighted by atomic mass is 16.2. The Bertz CT molecular complexity index is 612. The first-order valence-electron chi connectivity index (χ1n) is 5.79. The quantitative estimate of drug-likeness (QED) is 0.441. The molecule has 2 aromatic rings. The van der Waals surface area contributed by atoms with Gasteiger partial charge in [-0.2, -0.15) is 10.2 Å². The summed E-state index contributed by atoms with van der Waals surface area (Å²) in [6.07, 6.45) is 0. The van der Waals surface area contributed by atoms with Gasteiger partial charge in [0.2, 0.25) is 0 Å². The van der Waals surface area contributed by atoms with Gasteiger partial charge in [0, 0.05) is 11.4 Å². The first-order chi connectivity index (χ1) is 9.06. The van der Waals surface area contributed by atoms with Gasteiger partial charge in [-0.15, -0.1) is 0 Å². The van der Waals surface area contributed by atoms with E-state index in [9.17, 15) is 4.79 Å². The molecule has 0 aliphatic carbocycles. The van der Waals surface area contributed by atoms with E-state index >= 15 is 0 Å². The monoisotopic (exact) mass is 257 g/mol. The molecule has 0 saturated carbocycles. The SMILES string of the molecule is CC(=NNC(=O)c1cc(C)[nH]n1)c1ccc(N)cc1. The lowest BCUT2D eigenvalue weighted by atomic mass is 10.1. The summed E-state index contributed by atoms with van der Waals surface area (Å²) in [5.41, 5.74) is 11.5. The first-order valence-corrected chi connectivity index (χ1v) is 5.79. The zero-order valence-corrected chi connectivity index (χ0v) is 10.8. The van der Waals surface area contributed by atoms with Crippen LogP contribution in [-0.4, -0.2) is 21.8 Å². The van der Waals surface area contributed by atoms with Crippen LogP contribution < -0.4 is 11.2 Å². The smallest absolute Gasteiger partial charge is 0.291 e. The number of benzene rings is 1. The molecular formula is C13H15N5O. The van der Waals surface area contributed by atoms with E-state index in [-0.39, 0.29) is 5.91 Å². The fourth-order valence-electron chi connectivity index (χ4n) is 1.52. The van der Waals surface area contributed by atoms with Crippen LogP contribution in [0.2, 0.25) is 0 Å². The molecule has 6 heteroatoms. The number of H-pyrrole nitrogens is 1. The van der Waals surface area contributed by atoms with Crippen LogP contribution in [0.15, 0.2) is 35.4 Å². The molecule has 6 nitrogen and oxygen atoms in total. The fourth-order valence-corrected chi connectivity index (χ4v) is 1.52. The maximum atomic E-state index is 11.7. The van der Waals surface area contributed by atoms with Crippen LogP contribution >= 0.6 is 0 Å². The van der Waals surface area contributed by atoms with Crippen LogP contribution in [-0.2, 0) is 0 Å². The number of hydrogen-bond acceptors (Lipinski definition) is 4. The molecule has 0 unspecified atom stereocenters. The van der Waals surface area contributed by atoms with Crippen molar-refractivity contribution in [3.05, 3.63) is 47.3 Å². The zero-order valence-electron chi connectivity index (χ0n) is 10.8. The third-order valence-corrected chi connectivity index (χ3v) is 2.59. The van der Waals surface area contributed by atoms with E-state index in [0.717, 1.165) is 11.3 Å². The number of amides is 1. The van der Waals surface area contributed by atoms with Gasteiger partial charge in [-0.05, 0) is 37.6 Å². The molecule has 98 valence electrons. The van der Waals surface area contributed by atoms with Gasteiger partial charge in [0.05, 0.1) is 5.71 Å². The average Bonchev–Trinajstić information content (AvgIpc) is 2.83. The molecule has 0 aliphatic heterocycles. The predicted molar refractivity (Wildman–Crippen MR) is 73.9 cm³/mol. The van der Waals surface area contributed by atoms with Crippen molar-refractivity contribution < 1.29 is 4.79 Å². The third kappa shape index (κ3) is 3.19. The lowest BCUT2D eigenvalue weighted by molar-refractivity contribution is 0.0950. The van der Waals surface area contributed by atoms with Crippen molar-refractivity contribution in [3.8, 4) is 0 Å². The van der Waals surface area contributed by atoms with Crippen LogP contribution in [0.1, 0.15) is 28.7 Å². The summed E-state index contributed by atoms with van der Waals surface area (Å²) < 4.78 is 0. The van der Waals surface area contributed by atoms with Gasteiger partial charge >= 0.3 is 0 Å². The third-order valence-electron chi connectivity index (χ3n) is 2.59. The number of rotatable bonds is 3. The van der Waals surface area contributed by atoms with Gasteiger partial charge in [0.1, 0.15) is 0 Å². The number of nitrogens with one attached hydrogen (secondary N) is 2. The Morgan fingerprint density at radius 2 is 2.05 bits per heavy atom. The van der Waals surface area contributed by atoms with Crippen molar-refractivity contribution in [1.82, 2.24) is 15.6 Å². The number of nitrogen functional groups attached to an aromatic ring is 1. The van der Waals surface area contributed by atoms with E-state index < -0.39 is 0 Å². The van der Waals surface area contributed by atoms with E-state index in [0.29, 0.717) is 17.1 Å². The summed E-state index contributed by atoms with van der Waals surface area (Å²) in [5, 5.41) is 10.6. The van der Waals surface area contributed by atoms with Crippen molar-refractivity contribution >= 4 is 17.3 Å². The lowest BCUT2D eigenvalue weighted by Crippen LogP contribution is -2.19. The van der Waals surface area contributed by atoms with Crippen molar-refractivity contribution in [2.75, 3.05) is 5.73 Å². The molecule has 0 fully saturated rings. The second-order valence-corrected chi connectivity index (χ2v) is 4.20. The van der Waals surface area contributed by atoms with Crippen molar-refractivity contribution in [2.24, 2.45) is 5.10 Å². The van der Waals surface area contributed by atoms with Crippen LogP contribution in [0, 0.1) is 6.92 Å². The predicted octanol–water partition coefficient (Wildman–Crippen LogP) is 1.45. The Kier molecular flexibility index (Phi) is 3.61. The average molecular weight is 257 g/mol. The van der Waals surface area contributed by atoms with E-state index in [1.807, 2.05) is 26.0 Å². The standard InChI is InChI=1S/C13H15N5O/c1-8-7-12(17-15-8)13(19)18-16-9(2)10-3-5-11(14)6-4-10/h3-7H,14H2,1-2H3,(H,15,17)(H,18,19). The molecule has 1 aromatic heterocycles. The largest absolute Gasteiger partial charge is 0.399 e. The van der Waals surface area contributed by atoms with Crippen LogP contribution in [0.4, 0.5) is 5.69 Å². The van der Waals surface area contributed by atoms with Gasteiger partial charge in [-0.25, -0.2) is 5.43 Å². The topological polar surface area (TPSA) is 96.2 Å². The summed E-state index contributed by atoms with van der Waals surface area (Å²) in [4.78, 5) is 11.7. The number of hydrazone groups is 1. The number of carbonyl (C=O) groups is 1. The molecule has 0 saturated heterocycles. The lowest BCUT2D eigenvalue weighted by Gasteiger charge is -2.02. The second kappa shape index (κ2) is 5.34. The van der Waals surface area contributed by atoms with E-state index in [4.69, 9.17) is 5.73 Å². The summed E-state index contributed by atoms with van der Waals surface area (Å²) in [7, 11) is 0. The number of aromatic nitrogens is 2. The number of nitrogens with two attached hydrogens (primary N) is 1. The zero-order chi connectivity index (χ0) is 13.8. The summed E-state index contributed by atoms with van der Waals surface area (Å²) >= 11 is 0. The molecule has 0 bridgehead atoms. The number of nitrogens with zero attached hydrogens (tertiary/aromatic N) is 2. The fraction of sp³-hybridized carbons (Fsp3) is 0.154. The summed E-state index contributed by atoms with van der Waals surface area (Å²) in [6, 6.07) is 8.92. The van der Waals surface area contributed by atoms with Gasteiger partial charge < -0.3 is 5.73 Å². The molecule has 0 aliphatic rings. The van der Waals surface area contributed by atoms with Crippen molar-refractivity contribution in [3.63, 3.8) is 0 Å². The summed E-state index contributed by atoms with van der Waals surface area (Å²) in [6.45, 7) is 3.63. The molecule has 4 N–H and O–H groups in total. The minimum Gasteiger partial charge on any atom is -0.399 e. The molecule has 19 heavy (non-hydrogen) atoms. The van der Waals surface area contributed by atoms with Gasteiger partial charge in [-0.3, -0.25) is 9.89 Å². The Balaban J connectivity index is 2.06. The van der Waals surface area contributed by atoms with E-state index in [1.165, 1.54) is 0 Å². The molecule has 1 aromatic carbocycles. The Labute approximate surface area is 110 Å². The van der Waals surface area contributed by atoms with Crippen molar-refractivity contribution in [2.45, 2.75) is 13.8 Å². The minimum atomic E-state index is -0.348. The van der Waals surface area contributed by atoms with Crippen molar-refractivity contribution in [1.29, 1.82) is 0 Å². The van der Waals surface area contributed by atoms with E-state index in [1.54, 1.807) is 18.2 Å². The molecule has 0 atom stereocenters. The molecule has 0 radical (unpaired) electrons. The normalized spacial score (nSPS) is 11.4. The van der Waals surface area contributed by atoms with Crippen LogP contribution in [0.25, 0.3) is 0 Å². The number of carbonyl (C=O) groups excluding carboxylic acids is 1. The molecule has 2 rings (SSSR count). The maximum absolute atomic E-state index is 11.7. The Morgan fingerprint density at radius 3 is 2.63 bits per heavy atom. The number of aromatic amines is 1. The number of hydrogen-bond donors (Lipinski definition) is 3. The molecule has 1 amide bonds. The summed E-state index contributed by atoms with van der Waals surface area (Å²) in [5.74, 6) is -0.348. The molecule has 0 spiro atoms. The Morgan fingerprint density at radius 1 is 1.37 bits per heavy atom. The Hall–Kier alpha value is -2.63. The van der Waals surface area contributed by atoms with Crippen LogP contribution in [0.3, 0.4) is 0 Å². The molecular weight excluding hydrogens is 242 g/mol.